The molecule has 9 nitrogen and oxygen atoms in total. The van der Waals surface area contributed by atoms with Gasteiger partial charge < -0.3 is 9.15 Å². The second-order valence-corrected chi connectivity index (χ2v) is 9.81. The Balaban J connectivity index is 1.33. The summed E-state index contributed by atoms with van der Waals surface area (Å²) in [4.78, 5) is 28.6. The van der Waals surface area contributed by atoms with Gasteiger partial charge in [-0.1, -0.05) is 40.2 Å². The molecule has 6 rings (SSSR count). The van der Waals surface area contributed by atoms with E-state index in [1.165, 1.54) is 16.8 Å². The zero-order chi connectivity index (χ0) is 27.6. The van der Waals surface area contributed by atoms with Gasteiger partial charge in [0.1, 0.15) is 17.9 Å². The van der Waals surface area contributed by atoms with Crippen molar-refractivity contribution in [3.8, 4) is 17.3 Å². The molecule has 0 saturated carbocycles. The van der Waals surface area contributed by atoms with Crippen molar-refractivity contribution >= 4 is 49.7 Å². The minimum absolute atomic E-state index is 0.0234. The lowest BCUT2D eigenvalue weighted by Gasteiger charge is -2.08. The van der Waals surface area contributed by atoms with Crippen molar-refractivity contribution in [1.29, 1.82) is 0 Å². The third-order valence-corrected chi connectivity index (χ3v) is 6.68. The van der Waals surface area contributed by atoms with Crippen molar-refractivity contribution in [2.24, 2.45) is 5.10 Å². The van der Waals surface area contributed by atoms with E-state index in [1.807, 2.05) is 42.5 Å². The van der Waals surface area contributed by atoms with Crippen molar-refractivity contribution in [2.45, 2.75) is 6.61 Å². The van der Waals surface area contributed by atoms with Crippen LogP contribution in [0.5, 0.6) is 5.75 Å². The zero-order valence-electron chi connectivity index (χ0n) is 20.7. The number of halogens is 1. The number of non-ortho nitro benzene ring substituents is 1. The fourth-order valence-electron chi connectivity index (χ4n) is 4.20. The van der Waals surface area contributed by atoms with Crippen LogP contribution in [0.2, 0.25) is 0 Å². The molecule has 0 aliphatic carbocycles. The first-order chi connectivity index (χ1) is 19.4. The van der Waals surface area contributed by atoms with Gasteiger partial charge in [0.05, 0.1) is 22.0 Å². The van der Waals surface area contributed by atoms with Crippen molar-refractivity contribution in [3.05, 3.63) is 133 Å². The van der Waals surface area contributed by atoms with Crippen LogP contribution in [0, 0.1) is 10.1 Å². The fourth-order valence-corrected chi connectivity index (χ4v) is 4.58. The molecule has 0 radical (unpaired) electrons. The molecule has 10 heteroatoms. The van der Waals surface area contributed by atoms with Gasteiger partial charge in [-0.2, -0.15) is 9.78 Å². The van der Waals surface area contributed by atoms with E-state index in [0.29, 0.717) is 33.6 Å². The van der Waals surface area contributed by atoms with Gasteiger partial charge in [-0.3, -0.25) is 14.9 Å². The Morgan fingerprint density at radius 3 is 2.65 bits per heavy atom. The Morgan fingerprint density at radius 2 is 1.82 bits per heavy atom. The minimum atomic E-state index is -0.442. The second kappa shape index (κ2) is 10.6. The van der Waals surface area contributed by atoms with Crippen LogP contribution in [0.4, 0.5) is 5.69 Å². The summed E-state index contributed by atoms with van der Waals surface area (Å²) < 4.78 is 14.1. The summed E-state index contributed by atoms with van der Waals surface area (Å²) in [6, 6.07) is 28.0. The average Bonchev–Trinajstić information content (AvgIpc) is 3.39. The summed E-state index contributed by atoms with van der Waals surface area (Å²) in [5.41, 5.74) is 2.38. The predicted molar refractivity (Wildman–Crippen MR) is 156 cm³/mol. The molecular weight excluding hydrogens is 576 g/mol. The van der Waals surface area contributed by atoms with Crippen molar-refractivity contribution in [3.63, 3.8) is 0 Å². The Hall–Kier alpha value is -5.09. The number of aromatic nitrogens is 2. The number of para-hydroxylation sites is 1. The molecule has 0 saturated heterocycles. The van der Waals surface area contributed by atoms with Crippen molar-refractivity contribution in [2.75, 3.05) is 0 Å². The molecule has 40 heavy (non-hydrogen) atoms. The molecule has 0 aliphatic heterocycles. The fraction of sp³-hybridized carbons (Fsp3) is 0.0333. The van der Waals surface area contributed by atoms with Crippen LogP contribution in [-0.4, -0.2) is 20.8 Å². The number of nitrogens with zero attached hydrogens (tertiary/aromatic N) is 4. The van der Waals surface area contributed by atoms with Crippen molar-refractivity contribution in [1.82, 2.24) is 9.66 Å². The highest BCUT2D eigenvalue weighted by atomic mass is 79.9. The number of hydrogen-bond acceptors (Lipinski definition) is 7. The first-order valence-electron chi connectivity index (χ1n) is 12.2. The molecule has 0 aliphatic rings. The Labute approximate surface area is 235 Å². The molecule has 6 aromatic rings. The highest BCUT2D eigenvalue weighted by molar-refractivity contribution is 9.10. The number of ether oxygens (including phenoxy) is 1. The van der Waals surface area contributed by atoms with Gasteiger partial charge in [-0.05, 0) is 71.8 Å². The number of hydrogen-bond donors (Lipinski definition) is 0. The van der Waals surface area contributed by atoms with Gasteiger partial charge in [0.25, 0.3) is 11.2 Å². The molecule has 4 aromatic carbocycles. The molecule has 0 N–H and O–H groups in total. The minimum Gasteiger partial charge on any atom is -0.489 e. The van der Waals surface area contributed by atoms with E-state index in [4.69, 9.17) is 14.1 Å². The van der Waals surface area contributed by atoms with Crippen LogP contribution < -0.4 is 10.3 Å². The number of rotatable bonds is 7. The van der Waals surface area contributed by atoms with Gasteiger partial charge >= 0.3 is 0 Å². The SMILES string of the molecule is O=c1c2ccccc2nc(-c2cc3cc(Br)ccc3o2)n1N=Cc1cccc(OCc2ccc([N+](=O)[O-])cc2)c1. The van der Waals surface area contributed by atoms with E-state index in [0.717, 1.165) is 15.4 Å². The van der Waals surface area contributed by atoms with Crippen molar-refractivity contribution < 1.29 is 14.1 Å². The zero-order valence-corrected chi connectivity index (χ0v) is 22.3. The monoisotopic (exact) mass is 594 g/mol. The number of nitro groups is 1. The molecule has 0 amide bonds. The first kappa shape index (κ1) is 25.2. The van der Waals surface area contributed by atoms with E-state index in [2.05, 4.69) is 21.0 Å². The largest absolute Gasteiger partial charge is 0.489 e. The van der Waals surface area contributed by atoms with Gasteiger partial charge in [-0.15, -0.1) is 0 Å². The second-order valence-electron chi connectivity index (χ2n) is 8.89. The molecule has 2 heterocycles. The van der Waals surface area contributed by atoms with E-state index in [9.17, 15) is 14.9 Å². The maximum absolute atomic E-state index is 13.5. The topological polar surface area (TPSA) is 113 Å². The lowest BCUT2D eigenvalue weighted by molar-refractivity contribution is -0.384. The predicted octanol–water partition coefficient (Wildman–Crippen LogP) is 6.94. The summed E-state index contributed by atoms with van der Waals surface area (Å²) >= 11 is 3.47. The Morgan fingerprint density at radius 1 is 1.00 bits per heavy atom. The summed E-state index contributed by atoms with van der Waals surface area (Å²) in [6.45, 7) is 0.235. The molecule has 196 valence electrons. The van der Waals surface area contributed by atoms with Gasteiger partial charge in [0, 0.05) is 22.0 Å². The van der Waals surface area contributed by atoms with E-state index < -0.39 is 4.92 Å². The molecule has 0 spiro atoms. The maximum atomic E-state index is 13.5. The molecular formula is C30H19BrN4O5. The smallest absolute Gasteiger partial charge is 0.282 e. The number of furan rings is 1. The lowest BCUT2D eigenvalue weighted by atomic mass is 10.2. The van der Waals surface area contributed by atoms with Gasteiger partial charge in [0.2, 0.25) is 5.82 Å². The van der Waals surface area contributed by atoms with Crippen LogP contribution in [0.15, 0.2) is 116 Å². The molecule has 0 bridgehead atoms. The maximum Gasteiger partial charge on any atom is 0.282 e. The number of fused-ring (bicyclic) bond motifs is 2. The van der Waals surface area contributed by atoms with E-state index in [1.54, 1.807) is 48.7 Å². The number of benzene rings is 4. The van der Waals surface area contributed by atoms with E-state index >= 15 is 0 Å². The Bertz CT molecular complexity index is 1980. The number of nitro benzene ring substituents is 1. The highest BCUT2D eigenvalue weighted by Crippen LogP contribution is 2.29. The highest BCUT2D eigenvalue weighted by Gasteiger charge is 2.16. The normalized spacial score (nSPS) is 11.4. The quantitative estimate of drug-likeness (QED) is 0.112. The molecule has 0 atom stereocenters. The summed E-state index contributed by atoms with van der Waals surface area (Å²) in [5.74, 6) is 1.26. The van der Waals surface area contributed by atoms with Crippen LogP contribution in [0.3, 0.4) is 0 Å². The summed E-state index contributed by atoms with van der Waals surface area (Å²) in [7, 11) is 0. The van der Waals surface area contributed by atoms with Gasteiger partial charge in [-0.25, -0.2) is 4.98 Å². The third kappa shape index (κ3) is 5.12. The lowest BCUT2D eigenvalue weighted by Crippen LogP contribution is -2.20. The molecule has 0 fully saturated rings. The van der Waals surface area contributed by atoms with Crippen LogP contribution in [-0.2, 0) is 6.61 Å². The first-order valence-corrected chi connectivity index (χ1v) is 13.0. The van der Waals surface area contributed by atoms with Crippen LogP contribution in [0.25, 0.3) is 33.5 Å². The third-order valence-electron chi connectivity index (χ3n) is 6.19. The van der Waals surface area contributed by atoms with Gasteiger partial charge in [0.15, 0.2) is 5.76 Å². The average molecular weight is 595 g/mol. The summed E-state index contributed by atoms with van der Waals surface area (Å²) in [6.07, 6.45) is 1.55. The van der Waals surface area contributed by atoms with Crippen LogP contribution in [0.1, 0.15) is 11.1 Å². The standard InChI is InChI=1S/C30H19BrN4O5/c31-22-10-13-27-21(15-22)16-28(40-27)29-33-26-7-2-1-6-25(26)30(36)34(29)32-17-20-4-3-5-24(14-20)39-18-19-8-11-23(12-9-19)35(37)38/h1-17H,18H2. The molecule has 0 unspecified atom stereocenters. The van der Waals surface area contributed by atoms with E-state index in [-0.39, 0.29) is 23.7 Å². The molecule has 2 aromatic heterocycles. The van der Waals surface area contributed by atoms with Crippen LogP contribution >= 0.6 is 15.9 Å². The Kier molecular flexibility index (Phi) is 6.67. The summed E-state index contributed by atoms with van der Waals surface area (Å²) in [5, 5.41) is 16.7.